The Morgan fingerprint density at radius 3 is 2.30 bits per heavy atom. The summed E-state index contributed by atoms with van der Waals surface area (Å²) in [4.78, 5) is 30.5. The van der Waals surface area contributed by atoms with Crippen molar-refractivity contribution in [3.05, 3.63) is 66.0 Å². The fourth-order valence-electron chi connectivity index (χ4n) is 4.57. The fourth-order valence-corrected chi connectivity index (χ4v) is 4.57. The smallest absolute Gasteiger partial charge is 0.331 e. The highest BCUT2D eigenvalue weighted by Crippen LogP contribution is 2.35. The van der Waals surface area contributed by atoms with E-state index in [0.29, 0.717) is 18.5 Å². The Labute approximate surface area is 179 Å². The number of hydrogen-bond donors (Lipinski definition) is 1. The van der Waals surface area contributed by atoms with E-state index >= 15 is 0 Å². The quantitative estimate of drug-likeness (QED) is 0.673. The molecule has 0 radical (unpaired) electrons. The summed E-state index contributed by atoms with van der Waals surface area (Å²) in [6.45, 7) is 0. The monoisotopic (exact) mass is 408 g/mol. The molecule has 2 aromatic rings. The highest BCUT2D eigenvalue weighted by Gasteiger charge is 2.47. The number of carbonyl (C=O) groups is 2. The summed E-state index contributed by atoms with van der Waals surface area (Å²) in [7, 11) is 1.41. The van der Waals surface area contributed by atoms with Crippen LogP contribution in [0.1, 0.15) is 67.4 Å². The van der Waals surface area contributed by atoms with Gasteiger partial charge in [-0.2, -0.15) is 0 Å². The van der Waals surface area contributed by atoms with Gasteiger partial charge >= 0.3 is 5.97 Å². The SMILES string of the molecule is COC(=O)[C@@](CCc1ccccc1)(NC(=O)c1ccccn1)C1CCCCCCC1. The lowest BCUT2D eigenvalue weighted by molar-refractivity contribution is -0.151. The van der Waals surface area contributed by atoms with E-state index in [2.05, 4.69) is 22.4 Å². The second-order valence-electron chi connectivity index (χ2n) is 8.16. The molecule has 1 aromatic carbocycles. The van der Waals surface area contributed by atoms with Crippen molar-refractivity contribution in [2.24, 2.45) is 5.92 Å². The van der Waals surface area contributed by atoms with Crippen molar-refractivity contribution in [1.29, 1.82) is 0 Å². The van der Waals surface area contributed by atoms with E-state index in [0.717, 1.165) is 31.2 Å². The standard InChI is InChI=1S/C25H32N2O3/c1-30-24(29)25(18-17-20-12-6-5-7-13-20,21-14-8-3-2-4-9-15-21)27-23(28)22-16-10-11-19-26-22/h5-7,10-13,16,19,21H,2-4,8-9,14-15,17-18H2,1H3,(H,27,28)/t25-/m0/s1. The van der Waals surface area contributed by atoms with Crippen LogP contribution in [0, 0.1) is 5.92 Å². The number of aryl methyl sites for hydroxylation is 1. The molecule has 1 saturated carbocycles. The highest BCUT2D eigenvalue weighted by atomic mass is 16.5. The Bertz CT molecular complexity index is 802. The zero-order valence-electron chi connectivity index (χ0n) is 17.8. The van der Waals surface area contributed by atoms with Crippen LogP contribution in [0.15, 0.2) is 54.7 Å². The Morgan fingerprint density at radius 1 is 1.00 bits per heavy atom. The predicted octanol–water partition coefficient (Wildman–Crippen LogP) is 4.72. The molecule has 0 aliphatic heterocycles. The number of ether oxygens (including phenoxy) is 1. The Balaban J connectivity index is 1.93. The number of pyridine rings is 1. The maximum atomic E-state index is 13.3. The third-order valence-corrected chi connectivity index (χ3v) is 6.24. The topological polar surface area (TPSA) is 68.3 Å². The Hall–Kier alpha value is -2.69. The summed E-state index contributed by atoms with van der Waals surface area (Å²) in [6, 6.07) is 15.3. The molecule has 5 heteroatoms. The van der Waals surface area contributed by atoms with Crippen LogP contribution in [0.3, 0.4) is 0 Å². The maximum Gasteiger partial charge on any atom is 0.331 e. The van der Waals surface area contributed by atoms with E-state index in [9.17, 15) is 9.59 Å². The van der Waals surface area contributed by atoms with Crippen molar-refractivity contribution < 1.29 is 14.3 Å². The van der Waals surface area contributed by atoms with Crippen LogP contribution in [0.5, 0.6) is 0 Å². The van der Waals surface area contributed by atoms with Gasteiger partial charge in [-0.05, 0) is 49.3 Å². The van der Waals surface area contributed by atoms with Crippen LogP contribution >= 0.6 is 0 Å². The maximum absolute atomic E-state index is 13.3. The molecule has 30 heavy (non-hydrogen) atoms. The molecule has 0 spiro atoms. The number of aromatic nitrogens is 1. The van der Waals surface area contributed by atoms with Gasteiger partial charge in [-0.25, -0.2) is 4.79 Å². The van der Waals surface area contributed by atoms with Crippen LogP contribution < -0.4 is 5.32 Å². The van der Waals surface area contributed by atoms with Crippen LogP contribution in [0.4, 0.5) is 0 Å². The minimum Gasteiger partial charge on any atom is -0.467 e. The average Bonchev–Trinajstić information content (AvgIpc) is 2.77. The molecule has 1 aliphatic carbocycles. The number of amides is 1. The molecule has 1 amide bonds. The Kier molecular flexibility index (Phi) is 8.00. The van der Waals surface area contributed by atoms with E-state index in [1.807, 2.05) is 18.2 Å². The molecule has 3 rings (SSSR count). The summed E-state index contributed by atoms with van der Waals surface area (Å²) in [5.41, 5.74) is 0.399. The van der Waals surface area contributed by atoms with Crippen molar-refractivity contribution in [2.45, 2.75) is 63.3 Å². The molecular weight excluding hydrogens is 376 g/mol. The lowest BCUT2D eigenvalue weighted by Gasteiger charge is -2.40. The molecule has 0 saturated heterocycles. The van der Waals surface area contributed by atoms with Crippen molar-refractivity contribution in [3.63, 3.8) is 0 Å². The lowest BCUT2D eigenvalue weighted by Crippen LogP contribution is -2.60. The summed E-state index contributed by atoms with van der Waals surface area (Å²) in [6.07, 6.45) is 10.3. The van der Waals surface area contributed by atoms with E-state index in [1.54, 1.807) is 24.4 Å². The predicted molar refractivity (Wildman–Crippen MR) is 117 cm³/mol. The molecule has 0 bridgehead atoms. The van der Waals surface area contributed by atoms with Gasteiger partial charge in [0.15, 0.2) is 0 Å². The van der Waals surface area contributed by atoms with Gasteiger partial charge in [-0.3, -0.25) is 9.78 Å². The van der Waals surface area contributed by atoms with Crippen molar-refractivity contribution in [2.75, 3.05) is 7.11 Å². The van der Waals surface area contributed by atoms with Gasteiger partial charge in [0, 0.05) is 6.20 Å². The average molecular weight is 409 g/mol. The Morgan fingerprint density at radius 2 is 1.67 bits per heavy atom. The summed E-state index contributed by atoms with van der Waals surface area (Å²) < 4.78 is 5.29. The molecule has 1 aliphatic rings. The van der Waals surface area contributed by atoms with E-state index in [4.69, 9.17) is 4.74 Å². The molecule has 1 N–H and O–H groups in total. The number of esters is 1. The van der Waals surface area contributed by atoms with Gasteiger partial charge in [0.05, 0.1) is 7.11 Å². The number of methoxy groups -OCH3 is 1. The molecule has 1 aromatic heterocycles. The van der Waals surface area contributed by atoms with Gasteiger partial charge < -0.3 is 10.1 Å². The third-order valence-electron chi connectivity index (χ3n) is 6.24. The van der Waals surface area contributed by atoms with Crippen LogP contribution in [-0.4, -0.2) is 29.5 Å². The second kappa shape index (κ2) is 10.9. The number of nitrogens with zero attached hydrogens (tertiary/aromatic N) is 1. The second-order valence-corrected chi connectivity index (χ2v) is 8.16. The number of nitrogens with one attached hydrogen (secondary N) is 1. The highest BCUT2D eigenvalue weighted by molar-refractivity contribution is 5.96. The van der Waals surface area contributed by atoms with Crippen LogP contribution in [0.25, 0.3) is 0 Å². The lowest BCUT2D eigenvalue weighted by atomic mass is 9.73. The number of rotatable bonds is 7. The third kappa shape index (κ3) is 5.47. The van der Waals surface area contributed by atoms with Crippen LogP contribution in [-0.2, 0) is 16.0 Å². The molecule has 160 valence electrons. The summed E-state index contributed by atoms with van der Waals surface area (Å²) >= 11 is 0. The summed E-state index contributed by atoms with van der Waals surface area (Å²) in [5, 5.41) is 3.11. The first-order chi connectivity index (χ1) is 14.7. The number of hydrogen-bond acceptors (Lipinski definition) is 4. The van der Waals surface area contributed by atoms with Gasteiger partial charge in [-0.1, -0.05) is 68.5 Å². The number of carbonyl (C=O) groups excluding carboxylic acids is 2. The van der Waals surface area contributed by atoms with E-state index in [1.165, 1.54) is 26.4 Å². The van der Waals surface area contributed by atoms with Crippen LogP contribution in [0.2, 0.25) is 0 Å². The molecule has 1 atom stereocenters. The molecule has 1 fully saturated rings. The number of benzene rings is 1. The first-order valence-corrected chi connectivity index (χ1v) is 11.0. The molecule has 1 heterocycles. The largest absolute Gasteiger partial charge is 0.467 e. The minimum absolute atomic E-state index is 0.0432. The molecule has 0 unspecified atom stereocenters. The fraction of sp³-hybridized carbons (Fsp3) is 0.480. The van der Waals surface area contributed by atoms with E-state index < -0.39 is 5.54 Å². The normalized spacial score (nSPS) is 17.2. The minimum atomic E-state index is -1.06. The zero-order valence-corrected chi connectivity index (χ0v) is 17.8. The molecular formula is C25H32N2O3. The van der Waals surface area contributed by atoms with Gasteiger partial charge in [0.1, 0.15) is 11.2 Å². The van der Waals surface area contributed by atoms with Gasteiger partial charge in [-0.15, -0.1) is 0 Å². The van der Waals surface area contributed by atoms with E-state index in [-0.39, 0.29) is 17.8 Å². The van der Waals surface area contributed by atoms with Gasteiger partial charge in [0.25, 0.3) is 5.91 Å². The zero-order chi connectivity index (χ0) is 21.2. The molecule has 5 nitrogen and oxygen atoms in total. The summed E-state index contributed by atoms with van der Waals surface area (Å²) in [5.74, 6) is -0.633. The van der Waals surface area contributed by atoms with Crippen molar-refractivity contribution in [3.8, 4) is 0 Å². The van der Waals surface area contributed by atoms with Crippen molar-refractivity contribution in [1.82, 2.24) is 10.3 Å². The van der Waals surface area contributed by atoms with Crippen molar-refractivity contribution >= 4 is 11.9 Å². The first-order valence-electron chi connectivity index (χ1n) is 11.0. The first kappa shape index (κ1) is 22.0. The van der Waals surface area contributed by atoms with Gasteiger partial charge in [0.2, 0.25) is 0 Å².